The van der Waals surface area contributed by atoms with E-state index in [4.69, 9.17) is 9.47 Å². The molecule has 0 spiro atoms. The third-order valence-corrected chi connectivity index (χ3v) is 6.29. The van der Waals surface area contributed by atoms with E-state index in [2.05, 4.69) is 4.90 Å². The predicted octanol–water partition coefficient (Wildman–Crippen LogP) is 3.05. The van der Waals surface area contributed by atoms with Crippen LogP contribution in [0.2, 0.25) is 0 Å². The Morgan fingerprint density at radius 1 is 1.00 bits per heavy atom. The number of sulfonamides is 1. The highest BCUT2D eigenvalue weighted by Gasteiger charge is 2.29. The molecule has 0 aliphatic carbocycles. The summed E-state index contributed by atoms with van der Waals surface area (Å²) in [5, 5.41) is 0. The maximum Gasteiger partial charge on any atom is 0.243 e. The van der Waals surface area contributed by atoms with E-state index in [1.165, 1.54) is 24.6 Å². The zero-order valence-electron chi connectivity index (χ0n) is 16.4. The second-order valence-corrected chi connectivity index (χ2v) is 7.96. The molecule has 1 aliphatic heterocycles. The second-order valence-electron chi connectivity index (χ2n) is 6.03. The Morgan fingerprint density at radius 2 is 1.67 bits per heavy atom. The lowest BCUT2D eigenvalue weighted by atomic mass is 10.2. The standard InChI is InChI=1S/C20H28N2O4S/c1-5-7-9-17(8-6-2)21-12-14-22(15-13-21)27(23,24)18-10-11-19(25-3)20(16-18)26-4/h5-11,16H,12-15H2,1-4H3/b7-5-,8-6-,17-9+. The highest BCUT2D eigenvalue weighted by molar-refractivity contribution is 7.89. The van der Waals surface area contributed by atoms with E-state index in [0.29, 0.717) is 37.7 Å². The molecule has 1 fully saturated rings. The molecule has 0 saturated carbocycles. The molecule has 7 heteroatoms. The van der Waals surface area contributed by atoms with E-state index in [0.717, 1.165) is 5.70 Å². The topological polar surface area (TPSA) is 59.1 Å². The van der Waals surface area contributed by atoms with Crippen LogP contribution in [0.15, 0.2) is 59.2 Å². The molecule has 1 heterocycles. The van der Waals surface area contributed by atoms with Crippen molar-refractivity contribution in [1.29, 1.82) is 0 Å². The molecule has 0 radical (unpaired) electrons. The minimum atomic E-state index is -3.58. The zero-order valence-corrected chi connectivity index (χ0v) is 17.2. The fourth-order valence-corrected chi connectivity index (χ4v) is 4.38. The van der Waals surface area contributed by atoms with E-state index in [9.17, 15) is 8.42 Å². The number of piperazine rings is 1. The van der Waals surface area contributed by atoms with Gasteiger partial charge in [0.1, 0.15) is 0 Å². The van der Waals surface area contributed by atoms with Gasteiger partial charge < -0.3 is 14.4 Å². The van der Waals surface area contributed by atoms with Crippen LogP contribution in [0.4, 0.5) is 0 Å². The monoisotopic (exact) mass is 392 g/mol. The fraction of sp³-hybridized carbons (Fsp3) is 0.400. The summed E-state index contributed by atoms with van der Waals surface area (Å²) in [4.78, 5) is 2.41. The number of rotatable bonds is 7. The van der Waals surface area contributed by atoms with E-state index >= 15 is 0 Å². The second kappa shape index (κ2) is 9.62. The van der Waals surface area contributed by atoms with Gasteiger partial charge in [-0.3, -0.25) is 0 Å². The Labute approximate surface area is 162 Å². The van der Waals surface area contributed by atoms with E-state index in [1.807, 2.05) is 44.2 Å². The summed E-state index contributed by atoms with van der Waals surface area (Å²) in [5.41, 5.74) is 1.08. The van der Waals surface area contributed by atoms with Crippen LogP contribution in [-0.4, -0.2) is 58.0 Å². The SMILES string of the molecule is C\C=C/C=C(\C=C/C)N1CCN(S(=O)(=O)c2ccc(OC)c(OC)c2)CC1. The van der Waals surface area contributed by atoms with Gasteiger partial charge in [-0.25, -0.2) is 8.42 Å². The molecule has 0 N–H and O–H groups in total. The van der Waals surface area contributed by atoms with Gasteiger partial charge in [-0.05, 0) is 38.1 Å². The van der Waals surface area contributed by atoms with Crippen molar-refractivity contribution in [2.24, 2.45) is 0 Å². The Bertz CT molecular complexity index is 820. The molecule has 1 aromatic carbocycles. The van der Waals surface area contributed by atoms with Crippen molar-refractivity contribution in [2.45, 2.75) is 18.7 Å². The van der Waals surface area contributed by atoms with Crippen molar-refractivity contribution in [1.82, 2.24) is 9.21 Å². The largest absolute Gasteiger partial charge is 0.493 e. The lowest BCUT2D eigenvalue weighted by Crippen LogP contribution is -2.47. The molecule has 2 rings (SSSR count). The van der Waals surface area contributed by atoms with Crippen LogP contribution in [0.5, 0.6) is 11.5 Å². The first-order valence-corrected chi connectivity index (χ1v) is 10.3. The van der Waals surface area contributed by atoms with Gasteiger partial charge in [-0.1, -0.05) is 18.2 Å². The summed E-state index contributed by atoms with van der Waals surface area (Å²) in [7, 11) is -0.563. The molecule has 0 unspecified atom stereocenters. The van der Waals surface area contributed by atoms with Crippen LogP contribution in [0, 0.1) is 0 Å². The third kappa shape index (κ3) is 4.93. The van der Waals surface area contributed by atoms with Crippen LogP contribution in [-0.2, 0) is 10.0 Å². The van der Waals surface area contributed by atoms with Crippen LogP contribution in [0.3, 0.4) is 0 Å². The summed E-state index contributed by atoms with van der Waals surface area (Å²) in [6, 6.07) is 4.68. The lowest BCUT2D eigenvalue weighted by molar-refractivity contribution is 0.234. The first-order valence-electron chi connectivity index (χ1n) is 8.90. The maximum absolute atomic E-state index is 13.0. The van der Waals surface area contributed by atoms with Crippen LogP contribution < -0.4 is 9.47 Å². The molecular formula is C20H28N2O4S. The van der Waals surface area contributed by atoms with Crippen LogP contribution in [0.25, 0.3) is 0 Å². The van der Waals surface area contributed by atoms with Crippen molar-refractivity contribution in [3.05, 3.63) is 54.3 Å². The number of hydrogen-bond donors (Lipinski definition) is 0. The van der Waals surface area contributed by atoms with Gasteiger partial charge in [0.15, 0.2) is 11.5 Å². The molecular weight excluding hydrogens is 364 g/mol. The van der Waals surface area contributed by atoms with Gasteiger partial charge in [0.05, 0.1) is 19.1 Å². The molecule has 148 valence electrons. The summed E-state index contributed by atoms with van der Waals surface area (Å²) in [6.07, 6.45) is 10.0. The molecule has 0 amide bonds. The molecule has 0 aromatic heterocycles. The number of hydrogen-bond acceptors (Lipinski definition) is 5. The number of ether oxygens (including phenoxy) is 2. The van der Waals surface area contributed by atoms with Crippen molar-refractivity contribution in [3.8, 4) is 11.5 Å². The van der Waals surface area contributed by atoms with Crippen molar-refractivity contribution >= 4 is 10.0 Å². The molecule has 1 aliphatic rings. The molecule has 0 bridgehead atoms. The number of nitrogens with zero attached hydrogens (tertiary/aromatic N) is 2. The zero-order chi connectivity index (χ0) is 19.9. The van der Waals surface area contributed by atoms with Crippen LogP contribution >= 0.6 is 0 Å². The summed E-state index contributed by atoms with van der Waals surface area (Å²) in [6.45, 7) is 6.09. The molecule has 6 nitrogen and oxygen atoms in total. The van der Waals surface area contributed by atoms with Gasteiger partial charge >= 0.3 is 0 Å². The smallest absolute Gasteiger partial charge is 0.243 e. The highest BCUT2D eigenvalue weighted by Crippen LogP contribution is 2.31. The average molecular weight is 393 g/mol. The Morgan fingerprint density at radius 3 is 2.22 bits per heavy atom. The van der Waals surface area contributed by atoms with E-state index in [-0.39, 0.29) is 4.90 Å². The number of benzene rings is 1. The van der Waals surface area contributed by atoms with Gasteiger partial charge in [0, 0.05) is 37.9 Å². The predicted molar refractivity (Wildman–Crippen MR) is 108 cm³/mol. The van der Waals surface area contributed by atoms with Gasteiger partial charge in [0.25, 0.3) is 0 Å². The van der Waals surface area contributed by atoms with Gasteiger partial charge in [-0.15, -0.1) is 0 Å². The third-order valence-electron chi connectivity index (χ3n) is 4.39. The number of methoxy groups -OCH3 is 2. The van der Waals surface area contributed by atoms with Gasteiger partial charge in [-0.2, -0.15) is 4.31 Å². The first kappa shape index (κ1) is 21.1. The maximum atomic E-state index is 13.0. The lowest BCUT2D eigenvalue weighted by Gasteiger charge is -2.36. The average Bonchev–Trinajstić information content (AvgIpc) is 2.70. The van der Waals surface area contributed by atoms with Crippen LogP contribution in [0.1, 0.15) is 13.8 Å². The highest BCUT2D eigenvalue weighted by atomic mass is 32.2. The minimum absolute atomic E-state index is 0.215. The summed E-state index contributed by atoms with van der Waals surface area (Å²) < 4.78 is 37.9. The normalized spacial score (nSPS) is 17.0. The minimum Gasteiger partial charge on any atom is -0.493 e. The van der Waals surface area contributed by atoms with Crippen molar-refractivity contribution in [2.75, 3.05) is 40.4 Å². The Kier molecular flexibility index (Phi) is 7.50. The quantitative estimate of drug-likeness (QED) is 0.668. The summed E-state index contributed by atoms with van der Waals surface area (Å²) in [5.74, 6) is 0.910. The number of allylic oxidation sites excluding steroid dienone is 5. The van der Waals surface area contributed by atoms with Crippen molar-refractivity contribution < 1.29 is 17.9 Å². The van der Waals surface area contributed by atoms with Crippen molar-refractivity contribution in [3.63, 3.8) is 0 Å². The van der Waals surface area contributed by atoms with Gasteiger partial charge in [0.2, 0.25) is 10.0 Å². The first-order chi connectivity index (χ1) is 13.0. The van der Waals surface area contributed by atoms with E-state index < -0.39 is 10.0 Å². The molecule has 1 aromatic rings. The Hall–Kier alpha value is -2.25. The molecule has 1 saturated heterocycles. The molecule has 27 heavy (non-hydrogen) atoms. The molecule has 0 atom stereocenters. The fourth-order valence-electron chi connectivity index (χ4n) is 2.94. The summed E-state index contributed by atoms with van der Waals surface area (Å²) >= 11 is 0. The van der Waals surface area contributed by atoms with E-state index in [1.54, 1.807) is 12.1 Å². The Balaban J connectivity index is 2.17.